The van der Waals surface area contributed by atoms with E-state index < -0.39 is 12.1 Å². The number of ether oxygens (including phenoxy) is 2. The molecule has 142 valence electrons. The van der Waals surface area contributed by atoms with E-state index in [-0.39, 0.29) is 11.6 Å². The third-order valence-corrected chi connectivity index (χ3v) is 4.78. The Morgan fingerprint density at radius 3 is 2.71 bits per heavy atom. The quantitative estimate of drug-likeness (QED) is 0.456. The highest BCUT2D eigenvalue weighted by Crippen LogP contribution is 2.27. The van der Waals surface area contributed by atoms with Crippen LogP contribution < -0.4 is 4.74 Å². The van der Waals surface area contributed by atoms with Crippen LogP contribution >= 0.6 is 11.3 Å². The van der Waals surface area contributed by atoms with Gasteiger partial charge in [0.25, 0.3) is 11.8 Å². The minimum absolute atomic E-state index is 0.0659. The number of nitrogens with zero attached hydrogens (tertiary/aromatic N) is 4. The molecule has 4 rings (SSSR count). The summed E-state index contributed by atoms with van der Waals surface area (Å²) in [5.41, 5.74) is 0.863. The lowest BCUT2D eigenvalue weighted by Crippen LogP contribution is -2.11. The van der Waals surface area contributed by atoms with Crippen molar-refractivity contribution in [2.45, 2.75) is 13.0 Å². The first kappa shape index (κ1) is 17.9. The van der Waals surface area contributed by atoms with E-state index in [2.05, 4.69) is 15.3 Å². The molecule has 0 saturated heterocycles. The van der Waals surface area contributed by atoms with Crippen molar-refractivity contribution in [1.82, 2.24) is 20.0 Å². The fourth-order valence-corrected chi connectivity index (χ4v) is 3.17. The van der Waals surface area contributed by atoms with E-state index in [0.717, 1.165) is 10.6 Å². The molecule has 0 N–H and O–H groups in total. The van der Waals surface area contributed by atoms with E-state index in [4.69, 9.17) is 13.9 Å². The zero-order valence-corrected chi connectivity index (χ0v) is 15.9. The lowest BCUT2D eigenvalue weighted by molar-refractivity contribution is 0.0269. The second kappa shape index (κ2) is 7.65. The van der Waals surface area contributed by atoms with Crippen molar-refractivity contribution in [2.24, 2.45) is 0 Å². The molecule has 0 fully saturated rings. The van der Waals surface area contributed by atoms with E-state index in [1.807, 2.05) is 47.8 Å². The number of carbonyl (C=O) groups is 1. The van der Waals surface area contributed by atoms with Gasteiger partial charge in [-0.25, -0.2) is 9.48 Å². The van der Waals surface area contributed by atoms with E-state index >= 15 is 0 Å². The van der Waals surface area contributed by atoms with Crippen LogP contribution in [0.15, 0.2) is 58.5 Å². The van der Waals surface area contributed by atoms with Crippen molar-refractivity contribution in [2.75, 3.05) is 7.11 Å². The number of thiophene rings is 1. The highest BCUT2D eigenvalue weighted by molar-refractivity contribution is 7.13. The molecule has 0 aliphatic rings. The molecule has 4 aromatic rings. The molecule has 1 atom stereocenters. The average Bonchev–Trinajstić information content (AvgIpc) is 3.48. The molecule has 0 saturated carbocycles. The monoisotopic (exact) mass is 396 g/mol. The maximum Gasteiger partial charge on any atom is 0.363 e. The van der Waals surface area contributed by atoms with Gasteiger partial charge in [-0.1, -0.05) is 24.3 Å². The number of esters is 1. The average molecular weight is 396 g/mol. The summed E-state index contributed by atoms with van der Waals surface area (Å²) in [4.78, 5) is 13.5. The van der Waals surface area contributed by atoms with E-state index in [0.29, 0.717) is 11.6 Å². The lowest BCUT2D eigenvalue weighted by atomic mass is 10.3. The number of para-hydroxylation sites is 1. The first-order valence-corrected chi connectivity index (χ1v) is 9.31. The Kier molecular flexibility index (Phi) is 4.90. The zero-order valence-electron chi connectivity index (χ0n) is 15.1. The first-order chi connectivity index (χ1) is 13.7. The van der Waals surface area contributed by atoms with Gasteiger partial charge < -0.3 is 13.9 Å². The summed E-state index contributed by atoms with van der Waals surface area (Å²) in [6, 6.07) is 13.2. The van der Waals surface area contributed by atoms with Crippen LogP contribution in [0.5, 0.6) is 5.75 Å². The van der Waals surface area contributed by atoms with Gasteiger partial charge in [0.15, 0.2) is 11.9 Å². The number of hydrogen-bond acceptors (Lipinski definition) is 8. The third-order valence-electron chi connectivity index (χ3n) is 3.92. The predicted octanol–water partition coefficient (Wildman–Crippen LogP) is 3.91. The molecule has 28 heavy (non-hydrogen) atoms. The summed E-state index contributed by atoms with van der Waals surface area (Å²) >= 11 is 1.48. The highest BCUT2D eigenvalue weighted by Gasteiger charge is 2.25. The highest BCUT2D eigenvalue weighted by atomic mass is 32.1. The maximum absolute atomic E-state index is 12.6. The topological polar surface area (TPSA) is 92.3 Å². The molecule has 0 aliphatic carbocycles. The van der Waals surface area contributed by atoms with Crippen LogP contribution in [-0.2, 0) is 4.74 Å². The number of benzene rings is 1. The Labute approximate surface area is 164 Å². The molecular formula is C19H16N4O4S. The van der Waals surface area contributed by atoms with Gasteiger partial charge in [0.2, 0.25) is 5.69 Å². The van der Waals surface area contributed by atoms with Gasteiger partial charge in [-0.3, -0.25) is 0 Å². The van der Waals surface area contributed by atoms with Crippen LogP contribution in [0.3, 0.4) is 0 Å². The minimum atomic E-state index is -0.736. The minimum Gasteiger partial charge on any atom is -0.493 e. The molecule has 0 unspecified atom stereocenters. The van der Waals surface area contributed by atoms with Gasteiger partial charge in [-0.05, 0) is 30.5 Å². The number of methoxy groups -OCH3 is 1. The molecule has 0 radical (unpaired) electrons. The largest absolute Gasteiger partial charge is 0.493 e. The zero-order chi connectivity index (χ0) is 19.5. The van der Waals surface area contributed by atoms with Crippen LogP contribution in [-0.4, -0.2) is 33.1 Å². The number of aromatic nitrogens is 4. The van der Waals surface area contributed by atoms with Crippen molar-refractivity contribution >= 4 is 17.3 Å². The Hall–Kier alpha value is -3.46. The summed E-state index contributed by atoms with van der Waals surface area (Å²) < 4.78 is 17.9. The number of rotatable bonds is 6. The second-order valence-corrected chi connectivity index (χ2v) is 6.74. The fraction of sp³-hybridized carbons (Fsp3) is 0.158. The molecule has 9 heteroatoms. The molecular weight excluding hydrogens is 380 g/mol. The SMILES string of the molecule is COc1cn(-c2ccccc2)nc1C(=O)O[C@H](C)c1nnc(-c2cccs2)o1. The van der Waals surface area contributed by atoms with E-state index in [9.17, 15) is 4.79 Å². The second-order valence-electron chi connectivity index (χ2n) is 5.80. The molecule has 0 aliphatic heterocycles. The van der Waals surface area contributed by atoms with Crippen molar-refractivity contribution in [3.05, 3.63) is 65.6 Å². The molecule has 3 heterocycles. The molecule has 8 nitrogen and oxygen atoms in total. The normalized spacial score (nSPS) is 11.9. The third kappa shape index (κ3) is 3.52. The van der Waals surface area contributed by atoms with Crippen molar-refractivity contribution < 1.29 is 18.7 Å². The van der Waals surface area contributed by atoms with Crippen LogP contribution in [0.25, 0.3) is 16.5 Å². The smallest absolute Gasteiger partial charge is 0.363 e. The van der Waals surface area contributed by atoms with E-state index in [1.54, 1.807) is 17.8 Å². The standard InChI is InChI=1S/C19H16N4O4S/c1-12(17-20-21-18(27-17)15-9-6-10-28-15)26-19(24)16-14(25-2)11-23(22-16)13-7-4-3-5-8-13/h3-12H,1-2H3/t12-/m1/s1. The molecule has 3 aromatic heterocycles. The van der Waals surface area contributed by atoms with Crippen molar-refractivity contribution in [3.8, 4) is 22.2 Å². The predicted molar refractivity (Wildman–Crippen MR) is 102 cm³/mol. The Bertz CT molecular complexity index is 1070. The summed E-state index contributed by atoms with van der Waals surface area (Å²) in [5, 5.41) is 14.2. The van der Waals surface area contributed by atoms with Crippen molar-refractivity contribution in [1.29, 1.82) is 0 Å². The number of carbonyl (C=O) groups excluding carboxylic acids is 1. The van der Waals surface area contributed by atoms with Crippen LogP contribution in [0.4, 0.5) is 0 Å². The summed E-state index contributed by atoms with van der Waals surface area (Å²) in [7, 11) is 1.47. The van der Waals surface area contributed by atoms with Gasteiger partial charge in [0, 0.05) is 0 Å². The van der Waals surface area contributed by atoms with Gasteiger partial charge in [0.05, 0.1) is 23.9 Å². The molecule has 0 spiro atoms. The maximum atomic E-state index is 12.6. The Morgan fingerprint density at radius 2 is 2.00 bits per heavy atom. The Morgan fingerprint density at radius 1 is 1.18 bits per heavy atom. The van der Waals surface area contributed by atoms with Gasteiger partial charge >= 0.3 is 5.97 Å². The molecule has 0 amide bonds. The summed E-state index contributed by atoms with van der Waals surface area (Å²) in [6.45, 7) is 1.66. The van der Waals surface area contributed by atoms with Crippen LogP contribution in [0.2, 0.25) is 0 Å². The number of hydrogen-bond donors (Lipinski definition) is 0. The summed E-state index contributed by atoms with van der Waals surface area (Å²) in [6.07, 6.45) is 0.887. The van der Waals surface area contributed by atoms with E-state index in [1.165, 1.54) is 18.4 Å². The molecule has 0 bridgehead atoms. The van der Waals surface area contributed by atoms with Gasteiger partial charge in [0.1, 0.15) is 0 Å². The van der Waals surface area contributed by atoms with Crippen molar-refractivity contribution in [3.63, 3.8) is 0 Å². The lowest BCUT2D eigenvalue weighted by Gasteiger charge is -2.08. The fourth-order valence-electron chi connectivity index (χ4n) is 2.53. The Balaban J connectivity index is 1.52. The van der Waals surface area contributed by atoms with Crippen LogP contribution in [0.1, 0.15) is 29.4 Å². The first-order valence-electron chi connectivity index (χ1n) is 8.43. The molecule has 1 aromatic carbocycles. The summed E-state index contributed by atoms with van der Waals surface area (Å²) in [5.74, 6) is 0.262. The van der Waals surface area contributed by atoms with Crippen LogP contribution in [0, 0.1) is 0 Å². The van der Waals surface area contributed by atoms with Gasteiger partial charge in [-0.2, -0.15) is 5.10 Å². The van der Waals surface area contributed by atoms with Gasteiger partial charge in [-0.15, -0.1) is 21.5 Å².